The number of piperazine rings is 1. The summed E-state index contributed by atoms with van der Waals surface area (Å²) in [6.07, 6.45) is 0. The van der Waals surface area contributed by atoms with E-state index in [-0.39, 0.29) is 5.91 Å². The van der Waals surface area contributed by atoms with Crippen LogP contribution in [0, 0.1) is 5.92 Å². The number of carbonyl (C=O) groups excluding carboxylic acids is 1. The first-order chi connectivity index (χ1) is 5.58. The third kappa shape index (κ3) is 2.81. The summed E-state index contributed by atoms with van der Waals surface area (Å²) < 4.78 is 0. The number of hydrogen-bond donors (Lipinski definition) is 1. The molecule has 0 bridgehead atoms. The molecule has 1 amide bonds. The summed E-state index contributed by atoms with van der Waals surface area (Å²) in [5.74, 6) is 0.803. The molecule has 1 aliphatic rings. The zero-order valence-corrected chi connectivity index (χ0v) is 8.13. The van der Waals surface area contributed by atoms with Crippen LogP contribution in [0.3, 0.4) is 0 Å². The molecule has 0 saturated carbocycles. The second kappa shape index (κ2) is 3.90. The van der Waals surface area contributed by atoms with Crippen molar-refractivity contribution in [1.29, 1.82) is 0 Å². The maximum Gasteiger partial charge on any atom is 0.234 e. The molecule has 12 heavy (non-hydrogen) atoms. The quantitative estimate of drug-likeness (QED) is 0.653. The minimum Gasteiger partial charge on any atom is -0.351 e. The van der Waals surface area contributed by atoms with Gasteiger partial charge < -0.3 is 5.32 Å². The number of hydrogen-bond acceptors (Lipinski definition) is 2. The van der Waals surface area contributed by atoms with Gasteiger partial charge in [0.05, 0.1) is 6.54 Å². The van der Waals surface area contributed by atoms with E-state index in [2.05, 4.69) is 24.1 Å². The van der Waals surface area contributed by atoms with Gasteiger partial charge in [-0.15, -0.1) is 0 Å². The van der Waals surface area contributed by atoms with Crippen molar-refractivity contribution in [3.63, 3.8) is 0 Å². The summed E-state index contributed by atoms with van der Waals surface area (Å²) in [6.45, 7) is 8.99. The minimum absolute atomic E-state index is 0.161. The van der Waals surface area contributed by atoms with E-state index in [4.69, 9.17) is 0 Å². The van der Waals surface area contributed by atoms with E-state index in [1.54, 1.807) is 0 Å². The summed E-state index contributed by atoms with van der Waals surface area (Å²) in [5, 5.41) is 2.90. The Kier molecular flexibility index (Phi) is 3.09. The molecule has 1 heterocycles. The van der Waals surface area contributed by atoms with Gasteiger partial charge in [0.25, 0.3) is 0 Å². The van der Waals surface area contributed by atoms with Gasteiger partial charge in [-0.2, -0.15) is 0 Å². The molecule has 0 aromatic rings. The maximum absolute atomic E-state index is 11.1. The lowest BCUT2D eigenvalue weighted by molar-refractivity contribution is -0.125. The van der Waals surface area contributed by atoms with Crippen molar-refractivity contribution in [3.05, 3.63) is 0 Å². The van der Waals surface area contributed by atoms with Crippen molar-refractivity contribution < 1.29 is 4.79 Å². The molecule has 0 radical (unpaired) electrons. The molecule has 1 unspecified atom stereocenters. The highest BCUT2D eigenvalue weighted by Crippen LogP contribution is 2.03. The molecule has 1 N–H and O–H groups in total. The summed E-state index contributed by atoms with van der Waals surface area (Å²) in [5.41, 5.74) is 0. The van der Waals surface area contributed by atoms with Crippen LogP contribution in [0.15, 0.2) is 0 Å². The van der Waals surface area contributed by atoms with Crippen LogP contribution in [0.25, 0.3) is 0 Å². The Morgan fingerprint density at radius 2 is 2.33 bits per heavy atom. The molecule has 1 fully saturated rings. The van der Waals surface area contributed by atoms with E-state index < -0.39 is 0 Å². The van der Waals surface area contributed by atoms with E-state index in [1.165, 1.54) is 0 Å². The highest BCUT2D eigenvalue weighted by atomic mass is 16.2. The number of rotatable bonds is 2. The van der Waals surface area contributed by atoms with Crippen molar-refractivity contribution in [2.75, 3.05) is 19.6 Å². The third-order valence-corrected chi connectivity index (χ3v) is 1.93. The Morgan fingerprint density at radius 3 is 2.83 bits per heavy atom. The molecule has 1 rings (SSSR count). The van der Waals surface area contributed by atoms with E-state index in [0.717, 1.165) is 13.1 Å². The molecular weight excluding hydrogens is 152 g/mol. The second-order valence-electron chi connectivity index (χ2n) is 4.06. The SMILES string of the molecule is CC(C)CN1CC(=O)NC(C)C1. The molecular formula is C9H18N2O. The molecule has 1 atom stereocenters. The lowest BCUT2D eigenvalue weighted by Crippen LogP contribution is -2.53. The summed E-state index contributed by atoms with van der Waals surface area (Å²) in [7, 11) is 0. The van der Waals surface area contributed by atoms with Crippen LogP contribution in [-0.4, -0.2) is 36.5 Å². The van der Waals surface area contributed by atoms with Crippen LogP contribution in [-0.2, 0) is 4.79 Å². The van der Waals surface area contributed by atoms with Crippen LogP contribution in [0.1, 0.15) is 20.8 Å². The fourth-order valence-electron chi connectivity index (χ4n) is 1.68. The number of nitrogens with zero attached hydrogens (tertiary/aromatic N) is 1. The highest BCUT2D eigenvalue weighted by Gasteiger charge is 2.21. The zero-order chi connectivity index (χ0) is 9.14. The van der Waals surface area contributed by atoms with Crippen LogP contribution in [0.2, 0.25) is 0 Å². The molecule has 0 aromatic carbocycles. The second-order valence-corrected chi connectivity index (χ2v) is 4.06. The first-order valence-electron chi connectivity index (χ1n) is 4.59. The van der Waals surface area contributed by atoms with Gasteiger partial charge in [-0.3, -0.25) is 9.69 Å². The van der Waals surface area contributed by atoms with Crippen LogP contribution < -0.4 is 5.32 Å². The molecule has 0 aliphatic carbocycles. The normalized spacial score (nSPS) is 26.0. The first-order valence-corrected chi connectivity index (χ1v) is 4.59. The first kappa shape index (κ1) is 9.52. The Bertz CT molecular complexity index is 166. The zero-order valence-electron chi connectivity index (χ0n) is 8.13. The Morgan fingerprint density at radius 1 is 1.67 bits per heavy atom. The molecule has 0 aromatic heterocycles. The predicted octanol–water partition coefficient (Wildman–Crippen LogP) is 0.463. The standard InChI is InChI=1S/C9H18N2O/c1-7(2)4-11-5-8(3)10-9(12)6-11/h7-8H,4-6H2,1-3H3,(H,10,12). The maximum atomic E-state index is 11.1. The molecule has 3 nitrogen and oxygen atoms in total. The predicted molar refractivity (Wildman–Crippen MR) is 48.9 cm³/mol. The van der Waals surface area contributed by atoms with Crippen LogP contribution in [0.5, 0.6) is 0 Å². The average Bonchev–Trinajstić information content (AvgIpc) is 1.81. The van der Waals surface area contributed by atoms with E-state index >= 15 is 0 Å². The van der Waals surface area contributed by atoms with Crippen LogP contribution in [0.4, 0.5) is 0 Å². The van der Waals surface area contributed by atoms with Gasteiger partial charge in [-0.1, -0.05) is 13.8 Å². The third-order valence-electron chi connectivity index (χ3n) is 1.93. The van der Waals surface area contributed by atoms with Gasteiger partial charge in [0, 0.05) is 19.1 Å². The lowest BCUT2D eigenvalue weighted by Gasteiger charge is -2.32. The minimum atomic E-state index is 0.161. The summed E-state index contributed by atoms with van der Waals surface area (Å²) >= 11 is 0. The van der Waals surface area contributed by atoms with Crippen molar-refractivity contribution in [1.82, 2.24) is 10.2 Å². The lowest BCUT2D eigenvalue weighted by atomic mass is 10.1. The Balaban J connectivity index is 2.39. The van der Waals surface area contributed by atoms with Crippen molar-refractivity contribution in [2.45, 2.75) is 26.8 Å². The van der Waals surface area contributed by atoms with Crippen molar-refractivity contribution in [2.24, 2.45) is 5.92 Å². The van der Waals surface area contributed by atoms with E-state index in [1.807, 2.05) is 6.92 Å². The van der Waals surface area contributed by atoms with Crippen molar-refractivity contribution >= 4 is 5.91 Å². The molecule has 0 spiro atoms. The summed E-state index contributed by atoms with van der Waals surface area (Å²) in [4.78, 5) is 13.3. The van der Waals surface area contributed by atoms with Gasteiger partial charge in [-0.05, 0) is 12.8 Å². The van der Waals surface area contributed by atoms with Gasteiger partial charge >= 0.3 is 0 Å². The molecule has 3 heteroatoms. The van der Waals surface area contributed by atoms with Gasteiger partial charge in [0.15, 0.2) is 0 Å². The monoisotopic (exact) mass is 170 g/mol. The number of carbonyl (C=O) groups is 1. The largest absolute Gasteiger partial charge is 0.351 e. The van der Waals surface area contributed by atoms with Gasteiger partial charge in [0.1, 0.15) is 0 Å². The highest BCUT2D eigenvalue weighted by molar-refractivity contribution is 5.79. The molecule has 1 saturated heterocycles. The average molecular weight is 170 g/mol. The smallest absolute Gasteiger partial charge is 0.234 e. The fourth-order valence-corrected chi connectivity index (χ4v) is 1.68. The Labute approximate surface area is 74.1 Å². The fraction of sp³-hybridized carbons (Fsp3) is 0.889. The number of nitrogens with one attached hydrogen (secondary N) is 1. The van der Waals surface area contributed by atoms with E-state index in [9.17, 15) is 4.79 Å². The van der Waals surface area contributed by atoms with Crippen molar-refractivity contribution in [3.8, 4) is 0 Å². The van der Waals surface area contributed by atoms with Gasteiger partial charge in [-0.25, -0.2) is 0 Å². The molecule has 1 aliphatic heterocycles. The van der Waals surface area contributed by atoms with E-state index in [0.29, 0.717) is 18.5 Å². The van der Waals surface area contributed by atoms with Gasteiger partial charge in [0.2, 0.25) is 5.91 Å². The molecule has 70 valence electrons. The topological polar surface area (TPSA) is 32.3 Å². The summed E-state index contributed by atoms with van der Waals surface area (Å²) in [6, 6.07) is 0.310. The number of amides is 1. The van der Waals surface area contributed by atoms with Crippen LogP contribution >= 0.6 is 0 Å². The Hall–Kier alpha value is -0.570.